The highest BCUT2D eigenvalue weighted by molar-refractivity contribution is 5.82. The Balaban J connectivity index is 1.35. The van der Waals surface area contributed by atoms with Crippen LogP contribution in [0.5, 0.6) is 0 Å². The van der Waals surface area contributed by atoms with Crippen molar-refractivity contribution in [3.05, 3.63) is 48.5 Å². The van der Waals surface area contributed by atoms with Crippen LogP contribution in [0.1, 0.15) is 19.3 Å². The van der Waals surface area contributed by atoms with Crippen molar-refractivity contribution in [3.63, 3.8) is 0 Å². The Morgan fingerprint density at radius 1 is 0.938 bits per heavy atom. The number of nitrogens with zero attached hydrogens (tertiary/aromatic N) is 5. The smallest absolute Gasteiger partial charge is 0.227 e. The SMILES string of the molecule is CN1CCCN(C(=O)C2CCCN(c3cccc(-c4nc5ccccc5n4C)c3)C2)CC1. The summed E-state index contributed by atoms with van der Waals surface area (Å²) in [5.41, 5.74) is 4.45. The van der Waals surface area contributed by atoms with Gasteiger partial charge in [-0.3, -0.25) is 4.79 Å². The lowest BCUT2D eigenvalue weighted by Gasteiger charge is -2.36. The first-order valence-corrected chi connectivity index (χ1v) is 11.8. The maximum atomic E-state index is 13.3. The largest absolute Gasteiger partial charge is 0.371 e. The van der Waals surface area contributed by atoms with E-state index in [-0.39, 0.29) is 5.92 Å². The summed E-state index contributed by atoms with van der Waals surface area (Å²) in [5.74, 6) is 1.41. The summed E-state index contributed by atoms with van der Waals surface area (Å²) in [5, 5.41) is 0. The van der Waals surface area contributed by atoms with Crippen molar-refractivity contribution in [2.24, 2.45) is 13.0 Å². The van der Waals surface area contributed by atoms with Crippen LogP contribution in [0.4, 0.5) is 5.69 Å². The number of hydrogen-bond donors (Lipinski definition) is 0. The van der Waals surface area contributed by atoms with E-state index < -0.39 is 0 Å². The van der Waals surface area contributed by atoms with Gasteiger partial charge in [0.1, 0.15) is 5.82 Å². The van der Waals surface area contributed by atoms with Crippen LogP contribution in [0.25, 0.3) is 22.4 Å². The van der Waals surface area contributed by atoms with Gasteiger partial charge in [-0.05, 0) is 57.1 Å². The molecule has 0 bridgehead atoms. The van der Waals surface area contributed by atoms with Gasteiger partial charge in [0.05, 0.1) is 17.0 Å². The second-order valence-corrected chi connectivity index (χ2v) is 9.30. The molecule has 0 radical (unpaired) electrons. The average molecular weight is 432 g/mol. The highest BCUT2D eigenvalue weighted by Gasteiger charge is 2.30. The molecule has 0 N–H and O–H groups in total. The van der Waals surface area contributed by atoms with Gasteiger partial charge in [-0.25, -0.2) is 4.98 Å². The zero-order valence-electron chi connectivity index (χ0n) is 19.2. The predicted molar refractivity (Wildman–Crippen MR) is 130 cm³/mol. The maximum Gasteiger partial charge on any atom is 0.227 e. The topological polar surface area (TPSA) is 44.6 Å². The van der Waals surface area contributed by atoms with Crippen LogP contribution in [-0.4, -0.2) is 71.6 Å². The van der Waals surface area contributed by atoms with Crippen LogP contribution in [0.2, 0.25) is 0 Å². The molecule has 2 aliphatic heterocycles. The standard InChI is InChI=1S/C26H33N5O/c1-28-13-7-15-30(17-16-28)26(32)21-9-6-14-31(19-21)22-10-5-8-20(18-22)25-27-23-11-3-4-12-24(23)29(25)2/h3-5,8,10-12,18,21H,6-7,9,13-17,19H2,1-2H3. The highest BCUT2D eigenvalue weighted by atomic mass is 16.2. The molecule has 5 rings (SSSR count). The number of fused-ring (bicyclic) bond motifs is 1. The first-order chi connectivity index (χ1) is 15.6. The van der Waals surface area contributed by atoms with Crippen molar-refractivity contribution in [1.82, 2.24) is 19.4 Å². The highest BCUT2D eigenvalue weighted by Crippen LogP contribution is 2.30. The molecule has 1 aromatic heterocycles. The van der Waals surface area contributed by atoms with Gasteiger partial charge < -0.3 is 19.3 Å². The van der Waals surface area contributed by atoms with E-state index in [2.05, 4.69) is 75.8 Å². The molecule has 1 atom stereocenters. The quantitative estimate of drug-likeness (QED) is 0.635. The van der Waals surface area contributed by atoms with E-state index in [1.54, 1.807) is 0 Å². The normalized spacial score (nSPS) is 20.5. The first kappa shape index (κ1) is 21.0. The van der Waals surface area contributed by atoms with Crippen LogP contribution < -0.4 is 4.90 Å². The number of aromatic nitrogens is 2. The fourth-order valence-electron chi connectivity index (χ4n) is 5.18. The number of amides is 1. The second-order valence-electron chi connectivity index (χ2n) is 9.30. The molecule has 2 aliphatic rings. The van der Waals surface area contributed by atoms with Crippen molar-refractivity contribution in [3.8, 4) is 11.4 Å². The van der Waals surface area contributed by atoms with Crippen molar-refractivity contribution in [2.45, 2.75) is 19.3 Å². The van der Waals surface area contributed by atoms with E-state index in [1.807, 2.05) is 6.07 Å². The van der Waals surface area contributed by atoms with Gasteiger partial charge in [0.2, 0.25) is 5.91 Å². The van der Waals surface area contributed by atoms with Crippen LogP contribution in [-0.2, 0) is 11.8 Å². The zero-order chi connectivity index (χ0) is 22.1. The molecule has 0 aliphatic carbocycles. The summed E-state index contributed by atoms with van der Waals surface area (Å²) >= 11 is 0. The Labute approximate surface area is 190 Å². The number of carbonyl (C=O) groups excluding carboxylic acids is 1. The molecule has 168 valence electrons. The molecular formula is C26H33N5O. The van der Waals surface area contributed by atoms with Crippen LogP contribution in [0.3, 0.4) is 0 Å². The number of rotatable bonds is 3. The molecule has 6 heteroatoms. The molecule has 3 heterocycles. The molecular weight excluding hydrogens is 398 g/mol. The van der Waals surface area contributed by atoms with Gasteiger partial charge in [-0.1, -0.05) is 24.3 Å². The number of anilines is 1. The molecule has 2 saturated heterocycles. The number of carbonyl (C=O) groups is 1. The minimum atomic E-state index is 0.0894. The fraction of sp³-hybridized carbons (Fsp3) is 0.462. The molecule has 3 aromatic rings. The summed E-state index contributed by atoms with van der Waals surface area (Å²) < 4.78 is 2.16. The minimum absolute atomic E-state index is 0.0894. The monoisotopic (exact) mass is 431 g/mol. The van der Waals surface area contributed by atoms with Crippen LogP contribution in [0.15, 0.2) is 48.5 Å². The third-order valence-corrected chi connectivity index (χ3v) is 7.06. The van der Waals surface area contributed by atoms with Gasteiger partial charge in [-0.15, -0.1) is 0 Å². The Morgan fingerprint density at radius 3 is 2.69 bits per heavy atom. The van der Waals surface area contributed by atoms with Crippen molar-refractivity contribution in [1.29, 1.82) is 0 Å². The summed E-state index contributed by atoms with van der Waals surface area (Å²) in [6, 6.07) is 16.9. The minimum Gasteiger partial charge on any atom is -0.371 e. The van der Waals surface area contributed by atoms with Crippen molar-refractivity contribution < 1.29 is 4.79 Å². The fourth-order valence-corrected chi connectivity index (χ4v) is 5.18. The molecule has 1 unspecified atom stereocenters. The van der Waals surface area contributed by atoms with E-state index in [4.69, 9.17) is 4.98 Å². The Bertz CT molecular complexity index is 1110. The van der Waals surface area contributed by atoms with Gasteiger partial charge in [-0.2, -0.15) is 0 Å². The molecule has 6 nitrogen and oxygen atoms in total. The Morgan fingerprint density at radius 2 is 1.81 bits per heavy atom. The third-order valence-electron chi connectivity index (χ3n) is 7.06. The van der Waals surface area contributed by atoms with Crippen molar-refractivity contribution >= 4 is 22.6 Å². The molecule has 32 heavy (non-hydrogen) atoms. The van der Waals surface area contributed by atoms with E-state index in [9.17, 15) is 4.79 Å². The summed E-state index contributed by atoms with van der Waals surface area (Å²) in [4.78, 5) is 25.0. The number of benzene rings is 2. The van der Waals surface area contributed by atoms with Gasteiger partial charge in [0.25, 0.3) is 0 Å². The van der Waals surface area contributed by atoms with Gasteiger partial charge >= 0.3 is 0 Å². The summed E-state index contributed by atoms with van der Waals surface area (Å²) in [7, 11) is 4.22. The average Bonchev–Trinajstić information content (AvgIpc) is 3.01. The zero-order valence-corrected chi connectivity index (χ0v) is 19.2. The number of likely N-dealkylation sites (N-methyl/N-ethyl adjacent to an activating group) is 1. The maximum absolute atomic E-state index is 13.3. The molecule has 0 saturated carbocycles. The summed E-state index contributed by atoms with van der Waals surface area (Å²) in [6.45, 7) is 5.60. The number of imidazole rings is 1. The lowest BCUT2D eigenvalue weighted by molar-refractivity contribution is -0.135. The number of para-hydroxylation sites is 2. The lowest BCUT2D eigenvalue weighted by Crippen LogP contribution is -2.46. The summed E-state index contributed by atoms with van der Waals surface area (Å²) in [6.07, 6.45) is 3.12. The Kier molecular flexibility index (Phi) is 5.87. The molecule has 2 aromatic carbocycles. The molecule has 1 amide bonds. The first-order valence-electron chi connectivity index (χ1n) is 11.8. The number of aryl methyl sites for hydroxylation is 1. The van der Waals surface area contributed by atoms with E-state index in [0.717, 1.165) is 81.0 Å². The van der Waals surface area contributed by atoms with Crippen LogP contribution in [0, 0.1) is 5.92 Å². The van der Waals surface area contributed by atoms with Gasteiger partial charge in [0, 0.05) is 51.0 Å². The predicted octanol–water partition coefficient (Wildman–Crippen LogP) is 3.62. The van der Waals surface area contributed by atoms with Crippen molar-refractivity contribution in [2.75, 3.05) is 51.2 Å². The Hall–Kier alpha value is -2.86. The van der Waals surface area contributed by atoms with Crippen LogP contribution >= 0.6 is 0 Å². The second kappa shape index (κ2) is 8.94. The van der Waals surface area contributed by atoms with E-state index in [1.165, 1.54) is 5.69 Å². The van der Waals surface area contributed by atoms with Gasteiger partial charge in [0.15, 0.2) is 0 Å². The van der Waals surface area contributed by atoms with E-state index in [0.29, 0.717) is 5.91 Å². The number of piperidine rings is 1. The van der Waals surface area contributed by atoms with E-state index >= 15 is 0 Å². The molecule has 2 fully saturated rings. The third kappa shape index (κ3) is 4.11. The number of hydrogen-bond acceptors (Lipinski definition) is 4. The lowest BCUT2D eigenvalue weighted by atomic mass is 9.95. The molecule has 0 spiro atoms.